The summed E-state index contributed by atoms with van der Waals surface area (Å²) in [5.74, 6) is -0.757. The number of aryl methyl sites for hydroxylation is 1. The number of carboxylic acid groups (broad SMARTS) is 1. The maximum Gasteiger partial charge on any atom is 0.303 e. The van der Waals surface area contributed by atoms with Crippen LogP contribution < -0.4 is 0 Å². The number of unbranched alkanes of at least 4 members (excludes halogenated alkanes) is 1. The maximum atomic E-state index is 10.5. The molecule has 1 N–H and O–H groups in total. The monoisotopic (exact) mass is 289 g/mol. The normalized spacial score (nSPS) is 10.7. The second-order valence-electron chi connectivity index (χ2n) is 4.82. The van der Waals surface area contributed by atoms with Crippen LogP contribution in [0.15, 0.2) is 30.5 Å². The lowest BCUT2D eigenvalue weighted by Gasteiger charge is -2.07. The van der Waals surface area contributed by atoms with Gasteiger partial charge in [0.05, 0.1) is 24.2 Å². The molecule has 2 aromatic rings. The maximum absolute atomic E-state index is 10.5. The number of carboxylic acids is 1. The molecular formula is C15H19N3O3. The zero-order valence-corrected chi connectivity index (χ0v) is 12.0. The van der Waals surface area contributed by atoms with E-state index >= 15 is 0 Å². The highest BCUT2D eigenvalue weighted by atomic mass is 16.5. The van der Waals surface area contributed by atoms with Gasteiger partial charge in [0.2, 0.25) is 0 Å². The molecule has 0 bridgehead atoms. The van der Waals surface area contributed by atoms with Crippen LogP contribution in [0.1, 0.15) is 30.5 Å². The van der Waals surface area contributed by atoms with E-state index in [2.05, 4.69) is 10.3 Å². The number of methoxy groups -OCH3 is 1. The smallest absolute Gasteiger partial charge is 0.303 e. The minimum absolute atomic E-state index is 0.199. The van der Waals surface area contributed by atoms with Gasteiger partial charge in [-0.25, -0.2) is 4.68 Å². The Bertz CT molecular complexity index is 595. The molecule has 2 rings (SSSR count). The first kappa shape index (κ1) is 15.2. The van der Waals surface area contributed by atoms with Crippen molar-refractivity contribution in [2.75, 3.05) is 7.11 Å². The van der Waals surface area contributed by atoms with Crippen molar-refractivity contribution in [2.45, 2.75) is 32.3 Å². The van der Waals surface area contributed by atoms with Crippen LogP contribution in [0.25, 0.3) is 5.69 Å². The lowest BCUT2D eigenvalue weighted by molar-refractivity contribution is -0.137. The molecule has 21 heavy (non-hydrogen) atoms. The predicted octanol–water partition coefficient (Wildman–Crippen LogP) is 2.21. The van der Waals surface area contributed by atoms with Crippen molar-refractivity contribution in [1.82, 2.24) is 15.0 Å². The molecule has 0 saturated carbocycles. The minimum Gasteiger partial charge on any atom is -0.481 e. The number of nitrogens with zero attached hydrogens (tertiary/aromatic N) is 3. The van der Waals surface area contributed by atoms with Crippen molar-refractivity contribution in [3.05, 3.63) is 41.7 Å². The number of aliphatic carboxylic acids is 1. The van der Waals surface area contributed by atoms with E-state index in [1.807, 2.05) is 30.5 Å². The number of ether oxygens (including phenoxy) is 1. The van der Waals surface area contributed by atoms with Gasteiger partial charge in [0.25, 0.3) is 0 Å². The average Bonchev–Trinajstić information content (AvgIpc) is 2.93. The highest BCUT2D eigenvalue weighted by Crippen LogP contribution is 2.15. The number of aromatic nitrogens is 3. The lowest BCUT2D eigenvalue weighted by Crippen LogP contribution is -2.01. The molecule has 0 saturated heterocycles. The van der Waals surface area contributed by atoms with Gasteiger partial charge < -0.3 is 9.84 Å². The van der Waals surface area contributed by atoms with Gasteiger partial charge in [0.15, 0.2) is 0 Å². The van der Waals surface area contributed by atoms with Gasteiger partial charge in [0, 0.05) is 19.1 Å². The number of hydrogen-bond acceptors (Lipinski definition) is 4. The van der Waals surface area contributed by atoms with Gasteiger partial charge in [-0.15, -0.1) is 5.10 Å². The number of carbonyl (C=O) groups is 1. The van der Waals surface area contributed by atoms with Crippen molar-refractivity contribution < 1.29 is 14.6 Å². The van der Waals surface area contributed by atoms with Crippen LogP contribution in [0.2, 0.25) is 0 Å². The molecule has 0 aliphatic heterocycles. The second-order valence-corrected chi connectivity index (χ2v) is 4.82. The van der Waals surface area contributed by atoms with E-state index in [0.29, 0.717) is 13.0 Å². The molecule has 1 heterocycles. The Morgan fingerprint density at radius 1 is 1.33 bits per heavy atom. The van der Waals surface area contributed by atoms with E-state index in [0.717, 1.165) is 29.8 Å². The first-order valence-electron chi connectivity index (χ1n) is 6.91. The fourth-order valence-corrected chi connectivity index (χ4v) is 2.12. The van der Waals surface area contributed by atoms with Crippen LogP contribution in [0.4, 0.5) is 0 Å². The zero-order chi connectivity index (χ0) is 15.1. The van der Waals surface area contributed by atoms with Gasteiger partial charge in [-0.05, 0) is 25.3 Å². The highest BCUT2D eigenvalue weighted by Gasteiger charge is 2.07. The summed E-state index contributed by atoms with van der Waals surface area (Å²) in [6, 6.07) is 7.87. The summed E-state index contributed by atoms with van der Waals surface area (Å²) >= 11 is 0. The van der Waals surface area contributed by atoms with Crippen LogP contribution >= 0.6 is 0 Å². The molecule has 0 aliphatic rings. The van der Waals surface area contributed by atoms with Crippen LogP contribution in [0.3, 0.4) is 0 Å². The van der Waals surface area contributed by atoms with Crippen LogP contribution in [-0.4, -0.2) is 33.2 Å². The largest absolute Gasteiger partial charge is 0.481 e. The summed E-state index contributed by atoms with van der Waals surface area (Å²) in [6.07, 6.45) is 4.27. The Labute approximate surface area is 123 Å². The fraction of sp³-hybridized carbons (Fsp3) is 0.400. The molecule has 0 fully saturated rings. The van der Waals surface area contributed by atoms with E-state index in [9.17, 15) is 4.79 Å². The fourth-order valence-electron chi connectivity index (χ4n) is 2.12. The highest BCUT2D eigenvalue weighted by molar-refractivity contribution is 5.66. The molecule has 0 spiro atoms. The molecule has 0 atom stereocenters. The summed E-state index contributed by atoms with van der Waals surface area (Å²) in [4.78, 5) is 10.5. The Balaban J connectivity index is 2.01. The Morgan fingerprint density at radius 3 is 2.90 bits per heavy atom. The summed E-state index contributed by atoms with van der Waals surface area (Å²) in [7, 11) is 1.66. The van der Waals surface area contributed by atoms with Crippen LogP contribution in [0.5, 0.6) is 0 Å². The van der Waals surface area contributed by atoms with Gasteiger partial charge in [-0.2, -0.15) is 0 Å². The van der Waals surface area contributed by atoms with E-state index in [1.165, 1.54) is 0 Å². The first-order chi connectivity index (χ1) is 10.2. The quantitative estimate of drug-likeness (QED) is 0.754. The molecule has 0 aliphatic carbocycles. The van der Waals surface area contributed by atoms with Gasteiger partial charge in [-0.1, -0.05) is 23.4 Å². The Morgan fingerprint density at radius 2 is 2.14 bits per heavy atom. The van der Waals surface area contributed by atoms with Crippen LogP contribution in [0, 0.1) is 0 Å². The van der Waals surface area contributed by atoms with Crippen LogP contribution in [-0.2, 0) is 22.6 Å². The molecule has 1 aromatic carbocycles. The molecule has 0 amide bonds. The minimum atomic E-state index is -0.757. The average molecular weight is 289 g/mol. The third kappa shape index (κ3) is 4.39. The summed E-state index contributed by atoms with van der Waals surface area (Å²) in [5, 5.41) is 16.9. The van der Waals surface area contributed by atoms with Crippen molar-refractivity contribution in [2.24, 2.45) is 0 Å². The molecule has 0 unspecified atom stereocenters. The number of benzene rings is 1. The van der Waals surface area contributed by atoms with Gasteiger partial charge >= 0.3 is 5.97 Å². The third-order valence-corrected chi connectivity index (χ3v) is 3.15. The Kier molecular flexibility index (Phi) is 5.45. The standard InChI is InChI=1S/C15H19N3O3/c1-21-11-12-6-2-4-8-14(12)18-10-13(16-17-18)7-3-5-9-15(19)20/h2,4,6,8,10H,3,5,7,9,11H2,1H3,(H,19,20). The Hall–Kier alpha value is -2.21. The lowest BCUT2D eigenvalue weighted by atomic mass is 10.1. The van der Waals surface area contributed by atoms with Gasteiger partial charge in [-0.3, -0.25) is 4.79 Å². The summed E-state index contributed by atoms with van der Waals surface area (Å²) in [5.41, 5.74) is 2.86. The molecule has 6 nitrogen and oxygen atoms in total. The van der Waals surface area contributed by atoms with Crippen molar-refractivity contribution >= 4 is 5.97 Å². The number of hydrogen-bond donors (Lipinski definition) is 1. The van der Waals surface area contributed by atoms with E-state index in [1.54, 1.807) is 11.8 Å². The number of rotatable bonds is 8. The van der Waals surface area contributed by atoms with E-state index in [4.69, 9.17) is 9.84 Å². The third-order valence-electron chi connectivity index (χ3n) is 3.15. The zero-order valence-electron chi connectivity index (χ0n) is 12.0. The van der Waals surface area contributed by atoms with E-state index in [-0.39, 0.29) is 6.42 Å². The topological polar surface area (TPSA) is 77.2 Å². The summed E-state index contributed by atoms with van der Waals surface area (Å²) in [6.45, 7) is 0.518. The summed E-state index contributed by atoms with van der Waals surface area (Å²) < 4.78 is 6.92. The predicted molar refractivity (Wildman–Crippen MR) is 77.3 cm³/mol. The molecule has 112 valence electrons. The second kappa shape index (κ2) is 7.54. The van der Waals surface area contributed by atoms with E-state index < -0.39 is 5.97 Å². The molecular weight excluding hydrogens is 270 g/mol. The molecule has 6 heteroatoms. The van der Waals surface area contributed by atoms with Crippen molar-refractivity contribution in [1.29, 1.82) is 0 Å². The molecule has 1 aromatic heterocycles. The van der Waals surface area contributed by atoms with Gasteiger partial charge in [0.1, 0.15) is 0 Å². The van der Waals surface area contributed by atoms with Crippen molar-refractivity contribution in [3.8, 4) is 5.69 Å². The first-order valence-corrected chi connectivity index (χ1v) is 6.91. The number of para-hydroxylation sites is 1. The molecule has 0 radical (unpaired) electrons. The SMILES string of the molecule is COCc1ccccc1-n1cc(CCCCC(=O)O)nn1. The van der Waals surface area contributed by atoms with Crippen molar-refractivity contribution in [3.63, 3.8) is 0 Å².